The molecule has 1 amide bonds. The second-order valence-electron chi connectivity index (χ2n) is 4.59. The predicted octanol–water partition coefficient (Wildman–Crippen LogP) is 3.78. The van der Waals surface area contributed by atoms with Crippen molar-refractivity contribution in [1.82, 2.24) is 0 Å². The Morgan fingerprint density at radius 3 is 2.55 bits per heavy atom. The highest BCUT2D eigenvalue weighted by molar-refractivity contribution is 9.10. The van der Waals surface area contributed by atoms with Crippen molar-refractivity contribution >= 4 is 27.5 Å². The smallest absolute Gasteiger partial charge is 0.325 e. The summed E-state index contributed by atoms with van der Waals surface area (Å²) in [6.45, 7) is 3.70. The van der Waals surface area contributed by atoms with Gasteiger partial charge in [0, 0.05) is 10.2 Å². The van der Waals surface area contributed by atoms with Crippen LogP contribution in [0.15, 0.2) is 22.7 Å². The molecule has 0 spiro atoms. The van der Waals surface area contributed by atoms with E-state index in [2.05, 4.69) is 21.2 Å². The summed E-state index contributed by atoms with van der Waals surface area (Å²) in [5.41, 5.74) is 4.96. The molecule has 0 aromatic heterocycles. The van der Waals surface area contributed by atoms with Crippen LogP contribution in [0, 0.1) is 5.92 Å². The van der Waals surface area contributed by atoms with Crippen LogP contribution in [0.4, 0.5) is 18.9 Å². The van der Waals surface area contributed by atoms with Crippen molar-refractivity contribution in [3.63, 3.8) is 0 Å². The number of alkyl halides is 3. The van der Waals surface area contributed by atoms with Crippen LogP contribution in [0.3, 0.4) is 0 Å². The highest BCUT2D eigenvalue weighted by atomic mass is 79.9. The molecule has 2 atom stereocenters. The molecule has 112 valence electrons. The molecule has 0 radical (unpaired) electrons. The number of hydrogen-bond donors (Lipinski definition) is 2. The van der Waals surface area contributed by atoms with Crippen LogP contribution in [0.25, 0.3) is 0 Å². The van der Waals surface area contributed by atoms with Gasteiger partial charge in [-0.3, -0.25) is 4.79 Å². The molecule has 2 unspecified atom stereocenters. The van der Waals surface area contributed by atoms with Crippen LogP contribution in [-0.2, 0) is 11.0 Å². The monoisotopic (exact) mass is 352 g/mol. The maximum absolute atomic E-state index is 12.7. The van der Waals surface area contributed by atoms with Gasteiger partial charge in [-0.2, -0.15) is 13.2 Å². The van der Waals surface area contributed by atoms with Gasteiger partial charge < -0.3 is 11.1 Å². The van der Waals surface area contributed by atoms with Gasteiger partial charge in [0.2, 0.25) is 5.91 Å². The van der Waals surface area contributed by atoms with Crippen molar-refractivity contribution in [3.8, 4) is 0 Å². The molecule has 0 saturated carbocycles. The number of rotatable bonds is 4. The number of halogens is 4. The van der Waals surface area contributed by atoms with E-state index >= 15 is 0 Å². The molecule has 7 heteroatoms. The van der Waals surface area contributed by atoms with Crippen molar-refractivity contribution in [2.75, 3.05) is 5.32 Å². The minimum atomic E-state index is -4.49. The minimum Gasteiger partial charge on any atom is -0.325 e. The summed E-state index contributed by atoms with van der Waals surface area (Å²) in [6, 6.07) is 2.76. The van der Waals surface area contributed by atoms with Crippen molar-refractivity contribution in [2.24, 2.45) is 11.7 Å². The third-order valence-corrected chi connectivity index (χ3v) is 3.79. The second kappa shape index (κ2) is 6.58. The van der Waals surface area contributed by atoms with E-state index in [1.807, 2.05) is 13.8 Å². The van der Waals surface area contributed by atoms with E-state index in [0.717, 1.165) is 6.07 Å². The molecule has 0 aliphatic carbocycles. The Morgan fingerprint density at radius 1 is 1.45 bits per heavy atom. The predicted molar refractivity (Wildman–Crippen MR) is 75.2 cm³/mol. The number of hydrogen-bond acceptors (Lipinski definition) is 2. The van der Waals surface area contributed by atoms with Crippen LogP contribution in [-0.4, -0.2) is 11.9 Å². The standard InChI is InChI=1S/C13H16BrF3N2O/c1-3-7(2)11(18)12(20)19-8-4-5-10(14)9(6-8)13(15,16)17/h4-7,11H,3,18H2,1-2H3,(H,19,20). The van der Waals surface area contributed by atoms with Gasteiger partial charge in [0.25, 0.3) is 0 Å². The first-order chi connectivity index (χ1) is 9.16. The molecule has 3 nitrogen and oxygen atoms in total. The molecule has 1 rings (SSSR count). The van der Waals surface area contributed by atoms with E-state index in [0.29, 0.717) is 6.42 Å². The normalized spacial score (nSPS) is 14.8. The van der Waals surface area contributed by atoms with Gasteiger partial charge in [-0.25, -0.2) is 0 Å². The highest BCUT2D eigenvalue weighted by Crippen LogP contribution is 2.36. The van der Waals surface area contributed by atoms with E-state index in [9.17, 15) is 18.0 Å². The first kappa shape index (κ1) is 17.0. The third kappa shape index (κ3) is 4.21. The summed E-state index contributed by atoms with van der Waals surface area (Å²) in [5.74, 6) is -0.540. The number of carbonyl (C=O) groups excluding carboxylic acids is 1. The van der Waals surface area contributed by atoms with Gasteiger partial charge in [-0.05, 0) is 24.1 Å². The summed E-state index contributed by atoms with van der Waals surface area (Å²) in [4.78, 5) is 11.8. The second-order valence-corrected chi connectivity index (χ2v) is 5.45. The number of nitrogens with one attached hydrogen (secondary N) is 1. The van der Waals surface area contributed by atoms with Crippen LogP contribution < -0.4 is 11.1 Å². The number of benzene rings is 1. The quantitative estimate of drug-likeness (QED) is 0.866. The Kier molecular flexibility index (Phi) is 5.59. The lowest BCUT2D eigenvalue weighted by Gasteiger charge is -2.18. The van der Waals surface area contributed by atoms with Gasteiger partial charge in [0.15, 0.2) is 0 Å². The third-order valence-electron chi connectivity index (χ3n) is 3.10. The van der Waals surface area contributed by atoms with Crippen molar-refractivity contribution in [2.45, 2.75) is 32.5 Å². The fourth-order valence-electron chi connectivity index (χ4n) is 1.56. The molecule has 1 aromatic carbocycles. The van der Waals surface area contributed by atoms with E-state index in [4.69, 9.17) is 5.73 Å². The maximum atomic E-state index is 12.7. The number of carbonyl (C=O) groups is 1. The van der Waals surface area contributed by atoms with Gasteiger partial charge >= 0.3 is 6.18 Å². The molecule has 0 fully saturated rings. The van der Waals surface area contributed by atoms with Gasteiger partial charge in [0.05, 0.1) is 11.6 Å². The van der Waals surface area contributed by atoms with Crippen molar-refractivity contribution in [1.29, 1.82) is 0 Å². The van der Waals surface area contributed by atoms with Crippen molar-refractivity contribution in [3.05, 3.63) is 28.2 Å². The Balaban J connectivity index is 2.92. The number of nitrogens with two attached hydrogens (primary N) is 1. The SMILES string of the molecule is CCC(C)C(N)C(=O)Nc1ccc(Br)c(C(F)(F)F)c1. The van der Waals surface area contributed by atoms with E-state index in [-0.39, 0.29) is 16.1 Å². The summed E-state index contributed by atoms with van der Waals surface area (Å²) in [6.07, 6.45) is -3.78. The summed E-state index contributed by atoms with van der Waals surface area (Å²) < 4.78 is 38.1. The topological polar surface area (TPSA) is 55.1 Å². The zero-order chi connectivity index (χ0) is 15.5. The van der Waals surface area contributed by atoms with Crippen molar-refractivity contribution < 1.29 is 18.0 Å². The van der Waals surface area contributed by atoms with E-state index in [1.165, 1.54) is 12.1 Å². The Hall–Kier alpha value is -1.08. The van der Waals surface area contributed by atoms with E-state index < -0.39 is 23.7 Å². The molecule has 0 aliphatic rings. The number of anilines is 1. The lowest BCUT2D eigenvalue weighted by molar-refractivity contribution is -0.138. The molecule has 3 N–H and O–H groups in total. The molecule has 0 aliphatic heterocycles. The number of amides is 1. The fourth-order valence-corrected chi connectivity index (χ4v) is 2.03. The fraction of sp³-hybridized carbons (Fsp3) is 0.462. The summed E-state index contributed by atoms with van der Waals surface area (Å²) in [5, 5.41) is 2.41. The zero-order valence-corrected chi connectivity index (χ0v) is 12.7. The van der Waals surface area contributed by atoms with Crippen LogP contribution in [0.5, 0.6) is 0 Å². The Bertz CT molecular complexity index is 491. The van der Waals surface area contributed by atoms with Crippen LogP contribution in [0.1, 0.15) is 25.8 Å². The lowest BCUT2D eigenvalue weighted by Crippen LogP contribution is -2.40. The molecule has 20 heavy (non-hydrogen) atoms. The molecule has 0 saturated heterocycles. The first-order valence-corrected chi connectivity index (χ1v) is 6.89. The Labute approximate surface area is 123 Å². The first-order valence-electron chi connectivity index (χ1n) is 6.10. The average molecular weight is 353 g/mol. The van der Waals surface area contributed by atoms with Crippen LogP contribution >= 0.6 is 15.9 Å². The van der Waals surface area contributed by atoms with Gasteiger partial charge in [-0.15, -0.1) is 0 Å². The zero-order valence-electron chi connectivity index (χ0n) is 11.1. The molecular formula is C13H16BrF3N2O. The van der Waals surface area contributed by atoms with Gasteiger partial charge in [0.1, 0.15) is 0 Å². The average Bonchev–Trinajstić information content (AvgIpc) is 2.37. The molecular weight excluding hydrogens is 337 g/mol. The van der Waals surface area contributed by atoms with E-state index in [1.54, 1.807) is 0 Å². The molecule has 1 aromatic rings. The highest BCUT2D eigenvalue weighted by Gasteiger charge is 2.33. The maximum Gasteiger partial charge on any atom is 0.417 e. The Morgan fingerprint density at radius 2 is 2.05 bits per heavy atom. The largest absolute Gasteiger partial charge is 0.417 e. The summed E-state index contributed by atoms with van der Waals surface area (Å²) >= 11 is 2.84. The lowest BCUT2D eigenvalue weighted by atomic mass is 9.99. The molecule has 0 bridgehead atoms. The molecule has 0 heterocycles. The minimum absolute atomic E-state index is 0.0486. The van der Waals surface area contributed by atoms with Crippen LogP contribution in [0.2, 0.25) is 0 Å². The summed E-state index contributed by atoms with van der Waals surface area (Å²) in [7, 11) is 0. The van der Waals surface area contributed by atoms with Gasteiger partial charge in [-0.1, -0.05) is 36.2 Å².